The second kappa shape index (κ2) is 68.1. The fraction of sp³-hybridized carbons (Fsp3) is 0.357. The van der Waals surface area contributed by atoms with Gasteiger partial charge in [-0.05, 0) is 293 Å². The van der Waals surface area contributed by atoms with E-state index < -0.39 is 66.8 Å². The van der Waals surface area contributed by atoms with Gasteiger partial charge in [0.05, 0.1) is 32.6 Å². The Hall–Kier alpha value is -9.91. The maximum absolute atomic E-state index is 13.1. The molecular weight excluding hydrogens is 2280 g/mol. The van der Waals surface area contributed by atoms with Crippen molar-refractivity contribution < 1.29 is 111 Å². The summed E-state index contributed by atoms with van der Waals surface area (Å²) in [6, 6.07) is 22.8. The van der Waals surface area contributed by atoms with Gasteiger partial charge >= 0.3 is 23.6 Å². The van der Waals surface area contributed by atoms with Crippen molar-refractivity contribution in [2.24, 2.45) is 11.8 Å². The number of ether oxygens (including phenoxy) is 2. The van der Waals surface area contributed by atoms with Crippen LogP contribution in [0, 0.1) is 77.1 Å². The zero-order valence-corrected chi connectivity index (χ0v) is 82.1. The van der Waals surface area contributed by atoms with Gasteiger partial charge in [0.15, 0.2) is 18.4 Å². The van der Waals surface area contributed by atoms with Crippen molar-refractivity contribution in [1.29, 1.82) is 0 Å². The SMILES string of the molecule is C.C.C.C.C.C.CC(=O)Cl.CC(=O)Nc1c(Br)ccc(F)c1[N+](=O)[O-].CC(=O)Nc1c(Br)ccc(F)c1[N+](=O)[O-].CC(=O)Nc1cc(F)ccc1Br.CC1CC(NC(=O)OC(C)(C)C)CN(c2ccc(Br)c3nccnc23)C1.CC1CNCC(NC(=O)OC(C)(C)C)C1.Fc1ccc(Br)c2nccnc12.Nc1c(F)ccc(Br)c1N.Nc1cc(F)ccc1Br.O=CC=O.O=[N+]([O-])O.[Fe]. The number of fused-ring (bicyclic) bond motifs is 2. The number of aromatic nitrogens is 4. The number of aldehydes is 2. The number of nitro benzene ring substituents is 2. The van der Waals surface area contributed by atoms with Gasteiger partial charge in [0.25, 0.3) is 5.09 Å². The van der Waals surface area contributed by atoms with Crippen LogP contribution < -0.4 is 54.0 Å². The van der Waals surface area contributed by atoms with Crippen molar-refractivity contribution in [1.82, 2.24) is 35.9 Å². The van der Waals surface area contributed by atoms with Gasteiger partial charge in [0.2, 0.25) is 34.6 Å². The third-order valence-electron chi connectivity index (χ3n) is 14.7. The molecule has 0 aliphatic carbocycles. The van der Waals surface area contributed by atoms with E-state index >= 15 is 0 Å². The van der Waals surface area contributed by atoms with E-state index in [-0.39, 0.29) is 159 Å². The van der Waals surface area contributed by atoms with E-state index in [9.17, 15) is 75.3 Å². The van der Waals surface area contributed by atoms with Gasteiger partial charge in [-0.1, -0.05) is 58.4 Å². The van der Waals surface area contributed by atoms with Gasteiger partial charge in [-0.3, -0.25) is 63.9 Å². The predicted molar refractivity (Wildman–Crippen MR) is 531 cm³/mol. The minimum atomic E-state index is -1.50. The van der Waals surface area contributed by atoms with Crippen molar-refractivity contribution in [3.63, 3.8) is 0 Å². The largest absolute Gasteiger partial charge is 0.444 e. The Morgan fingerprint density at radius 3 is 1.23 bits per heavy atom. The van der Waals surface area contributed by atoms with Crippen molar-refractivity contribution >= 4 is 244 Å². The van der Waals surface area contributed by atoms with E-state index in [0.29, 0.717) is 43.2 Å². The minimum Gasteiger partial charge on any atom is -0.444 e. The molecule has 0 saturated carbocycles. The number of hydrogen-bond acceptors (Lipinski definition) is 25. The fourth-order valence-corrected chi connectivity index (χ4v) is 12.7. The number of amides is 5. The Morgan fingerprint density at radius 1 is 0.496 bits per heavy atom. The number of anilines is 7. The quantitative estimate of drug-likeness (QED) is 0.00937. The van der Waals surface area contributed by atoms with Gasteiger partial charge in [-0.15, -0.1) is 10.1 Å². The second-order valence-corrected chi connectivity index (χ2v) is 34.2. The molecule has 4 unspecified atom stereocenters. The summed E-state index contributed by atoms with van der Waals surface area (Å²) in [4.78, 5) is 129. The van der Waals surface area contributed by atoms with E-state index in [1.165, 1.54) is 94.7 Å². The molecule has 740 valence electrons. The number of rotatable bonds is 9. The number of hydrogen-bond donors (Lipinski definition) is 10. The van der Waals surface area contributed by atoms with Gasteiger partial charge in [0.1, 0.15) is 62.1 Å². The Morgan fingerprint density at radius 2 is 0.850 bits per heavy atom. The molecule has 4 atom stereocenters. The molecule has 2 fully saturated rings. The Kier molecular flexibility index (Phi) is 69.7. The standard InChI is InChI=1S/C19H25BrN4O2.C11H22N2O2.2C8H6BrFN2O3.C8H4BrFN2.C8H7BrFNO.C6H6BrFN2.C6H5BrFN.C2H3ClO.C2H2O2.6CH4.Fe.HNO3/c1-12-9-13(23-18(25)26-19(2,3)4)11-24(10-12)15-6-5-14(20)16-17(15)22-8-7-21-16;1-8-5-9(7-12-6-8)13-10(14)15-11(2,3)4;2*1-4(13)11-7-5(9)2-3-6(10)8(7)12(14)15;9-5-1-2-6(10)8-7(5)11-3-4-12-8;1-5(12)11-8-4-6(10)2-3-7(8)9;7-3-1-2-4(8)6(10)5(3)9;7-5-2-1-4(8)3-6(5)9;1-2(3)4;3-1-2-4;;;;;;;;2-1(3)4/h5-8,12-13H,9-11H2,1-4H3,(H,23,25);8-9,12H,5-7H2,1-4H3,(H,13,14);2*2-3H,1H3,(H,11,13);1-4H;2-4H,1H3,(H,11,12);1-2H,9-10H2;1-3H,9H2;1H3;1-2H;6*1H4;;(H,2,3,4). The van der Waals surface area contributed by atoms with Crippen molar-refractivity contribution in [2.45, 2.75) is 164 Å². The van der Waals surface area contributed by atoms with Gasteiger partial charge in [-0.2, -0.15) is 8.78 Å². The smallest absolute Gasteiger partial charge is 0.407 e. The number of alkyl carbamates (subject to hydrolysis) is 2. The number of carbonyl (C=O) groups is 8. The first-order valence-corrected chi connectivity index (χ1v) is 42.0. The molecule has 133 heavy (non-hydrogen) atoms. The Balaban J connectivity index is -0.000000270. The summed E-state index contributed by atoms with van der Waals surface area (Å²) in [6.07, 6.45) is 8.07. The molecule has 2 aromatic heterocycles. The summed E-state index contributed by atoms with van der Waals surface area (Å²) in [5, 5.41) is 50.5. The number of nitrogens with zero attached hydrogens (tertiary/aromatic N) is 8. The van der Waals surface area contributed by atoms with Crippen LogP contribution in [0.25, 0.3) is 22.1 Å². The number of halogens is 14. The normalized spacial score (nSPS) is 13.1. The van der Waals surface area contributed by atoms with Crippen LogP contribution >= 0.6 is 123 Å². The van der Waals surface area contributed by atoms with Crippen LogP contribution in [0.5, 0.6) is 0 Å². The number of carbonyl (C=O) groups excluding carboxylic acids is 8. The van der Waals surface area contributed by atoms with E-state index in [1.54, 1.807) is 30.6 Å². The van der Waals surface area contributed by atoms with Crippen molar-refractivity contribution in [3.8, 4) is 0 Å². The van der Waals surface area contributed by atoms with E-state index in [2.05, 4.69) is 200 Å². The molecule has 0 spiro atoms. The van der Waals surface area contributed by atoms with Crippen LogP contribution in [0.2, 0.25) is 0 Å². The van der Waals surface area contributed by atoms with Gasteiger partial charge in [-0.25, -0.2) is 32.1 Å². The average Bonchev–Trinajstić information content (AvgIpc) is 0.744. The number of nitro groups is 2. The molecule has 9 aromatic rings. The minimum absolute atomic E-state index is 0. The third-order valence-corrected chi connectivity index (χ3v) is 19.4. The molecule has 0 radical (unpaired) electrons. The molecule has 4 heterocycles. The summed E-state index contributed by atoms with van der Waals surface area (Å²) in [5.41, 5.74) is 17.9. The predicted octanol–water partition coefficient (Wildman–Crippen LogP) is 23.2. The maximum Gasteiger partial charge on any atom is 0.407 e. The summed E-state index contributed by atoms with van der Waals surface area (Å²) >= 11 is 26.9. The number of nitrogens with one attached hydrogen (secondary N) is 6. The number of nitrogens with two attached hydrogens (primary N) is 3. The third kappa shape index (κ3) is 54.3. The van der Waals surface area contributed by atoms with Crippen LogP contribution in [-0.4, -0.2) is 137 Å². The topological polar surface area (TPSA) is 510 Å². The summed E-state index contributed by atoms with van der Waals surface area (Å²) in [6.45, 7) is 24.1. The van der Waals surface area contributed by atoms with Crippen LogP contribution in [0.4, 0.5) is 87.1 Å². The Bertz CT molecular complexity index is 5100. The first-order valence-electron chi connectivity index (χ1n) is 36.0. The number of benzene rings is 7. The summed E-state index contributed by atoms with van der Waals surface area (Å²) in [5.74, 6) is -3.69. The first-order chi connectivity index (χ1) is 58.5. The molecule has 34 nitrogen and oxygen atoms in total. The van der Waals surface area contributed by atoms with Crippen molar-refractivity contribution in [3.05, 3.63) is 218 Å². The van der Waals surface area contributed by atoms with E-state index in [4.69, 9.17) is 51.6 Å². The zero-order chi connectivity index (χ0) is 96.4. The summed E-state index contributed by atoms with van der Waals surface area (Å²) in [7, 11) is 0. The van der Waals surface area contributed by atoms with E-state index in [0.717, 1.165) is 81.3 Å². The van der Waals surface area contributed by atoms with Crippen LogP contribution in [0.3, 0.4) is 0 Å². The van der Waals surface area contributed by atoms with E-state index in [1.807, 2.05) is 47.6 Å². The molecule has 2 aliphatic heterocycles. The molecule has 2 aliphatic rings. The zero-order valence-electron chi connectivity index (χ0n) is 69.2. The van der Waals surface area contributed by atoms with Crippen LogP contribution in [0.1, 0.15) is 140 Å². The van der Waals surface area contributed by atoms with Crippen LogP contribution in [-0.2, 0) is 55.3 Å². The Labute approximate surface area is 842 Å². The molecule has 7 aromatic carbocycles. The summed E-state index contributed by atoms with van der Waals surface area (Å²) < 4.78 is 91.5. The molecule has 2 saturated heterocycles. The molecule has 49 heteroatoms. The van der Waals surface area contributed by atoms with Crippen LogP contribution in [0.15, 0.2) is 153 Å². The molecule has 11 rings (SSSR count). The first kappa shape index (κ1) is 136. The average molecular weight is 2400 g/mol. The molecule has 13 N–H and O–H groups in total. The van der Waals surface area contributed by atoms with Gasteiger partial charge in [0, 0.05) is 138 Å². The van der Waals surface area contributed by atoms with Crippen molar-refractivity contribution in [2.75, 3.05) is 64.2 Å². The molecular formula is C84H111Br7ClF6FeN17O17. The maximum atomic E-state index is 13.1. The molecule has 0 bridgehead atoms. The second-order valence-electron chi connectivity index (χ2n) is 27.7. The van der Waals surface area contributed by atoms with Gasteiger partial charge < -0.3 is 68.7 Å². The number of piperidine rings is 2. The number of nitrogen functional groups attached to an aromatic ring is 3. The monoisotopic (exact) mass is 2390 g/mol. The molecule has 5 amide bonds. The fourth-order valence-electron chi connectivity index (χ4n) is 10.0.